The summed E-state index contributed by atoms with van der Waals surface area (Å²) in [5.41, 5.74) is 0. The molecule has 2 N–H and O–H groups in total. The fourth-order valence-corrected chi connectivity index (χ4v) is 5.40. The quantitative estimate of drug-likeness (QED) is 0.0880. The maximum absolute atomic E-state index is 11.9. The molecule has 0 saturated carbocycles. The summed E-state index contributed by atoms with van der Waals surface area (Å²) in [5, 5.41) is 12.1. The number of hydrogen-bond acceptors (Lipinski definition) is 4. The Hall–Kier alpha value is -1.92. The summed E-state index contributed by atoms with van der Waals surface area (Å²) < 4.78 is -0.351. The summed E-state index contributed by atoms with van der Waals surface area (Å²) in [5.74, 6) is -0.397. The van der Waals surface area contributed by atoms with E-state index >= 15 is 0 Å². The molecule has 0 heterocycles. The third-order valence-corrected chi connectivity index (χ3v) is 8.74. The number of carboxylic acid groups (broad SMARTS) is 1. The molecule has 0 aromatic rings. The van der Waals surface area contributed by atoms with Crippen molar-refractivity contribution in [2.75, 3.05) is 12.3 Å². The van der Waals surface area contributed by atoms with Crippen LogP contribution in [0.3, 0.4) is 0 Å². The third kappa shape index (κ3) is 21.4. The van der Waals surface area contributed by atoms with Crippen LogP contribution in [-0.4, -0.2) is 34.0 Å². The number of aliphatic carboxylic acids is 1. The molecule has 0 saturated heterocycles. The van der Waals surface area contributed by atoms with E-state index < -0.39 is 11.9 Å². The van der Waals surface area contributed by atoms with Gasteiger partial charge in [0.25, 0.3) is 0 Å². The molecule has 0 rings (SSSR count). The minimum absolute atomic E-state index is 0.0540. The van der Waals surface area contributed by atoms with E-state index in [0.29, 0.717) is 13.0 Å². The molecule has 0 bridgehead atoms. The highest BCUT2D eigenvalue weighted by molar-refractivity contribution is 8.77. The Morgan fingerprint density at radius 3 is 1.69 bits per heavy atom. The SMILES string of the molecule is CC/C=C\C/C=C\C/C=C\C/C=C\C/C=C\C/C=C\CCC(=O)NCCSSC(C)(C)[C@H](C)C(=O)O. The second kappa shape index (κ2) is 23.5. The number of carbonyl (C=O) groups excluding carboxylic acids is 1. The molecule has 1 amide bonds. The maximum atomic E-state index is 11.9. The van der Waals surface area contributed by atoms with Gasteiger partial charge in [0, 0.05) is 23.5 Å². The van der Waals surface area contributed by atoms with Crippen LogP contribution in [-0.2, 0) is 9.59 Å². The lowest BCUT2D eigenvalue weighted by molar-refractivity contribution is -0.141. The summed E-state index contributed by atoms with van der Waals surface area (Å²) in [4.78, 5) is 23.0. The fourth-order valence-electron chi connectivity index (χ4n) is 2.74. The molecule has 202 valence electrons. The molecule has 0 aliphatic rings. The van der Waals surface area contributed by atoms with Crippen molar-refractivity contribution >= 4 is 33.5 Å². The summed E-state index contributed by atoms with van der Waals surface area (Å²) in [6.45, 7) is 8.35. The third-order valence-electron chi connectivity index (χ3n) is 5.33. The van der Waals surface area contributed by atoms with Crippen LogP contribution >= 0.6 is 21.6 Å². The lowest BCUT2D eigenvalue weighted by atomic mass is 9.97. The fraction of sp³-hybridized carbons (Fsp3) is 0.533. The van der Waals surface area contributed by atoms with Gasteiger partial charge < -0.3 is 10.4 Å². The molecule has 0 aliphatic heterocycles. The van der Waals surface area contributed by atoms with E-state index in [2.05, 4.69) is 85.2 Å². The van der Waals surface area contributed by atoms with E-state index in [1.165, 1.54) is 0 Å². The first-order valence-electron chi connectivity index (χ1n) is 13.0. The molecule has 0 aromatic carbocycles. The molecule has 1 atom stereocenters. The zero-order valence-corrected chi connectivity index (χ0v) is 24.3. The van der Waals surface area contributed by atoms with Gasteiger partial charge in [-0.05, 0) is 58.8 Å². The minimum atomic E-state index is -0.782. The van der Waals surface area contributed by atoms with Crippen LogP contribution in [0.4, 0.5) is 0 Å². The standard InChI is InChI=1S/C30H47NO3S2/c1-5-6-7-8-9-10-11-12-13-14-15-16-17-18-19-20-21-22-23-24-28(32)31-25-26-35-36-30(3,4)27(2)29(33)34/h6-7,9-10,12-13,15-16,18-19,21-22,27H,5,8,11,14,17,20,23-26H2,1-4H3,(H,31,32)(H,33,34)/b7-6-,10-9-,13-12-,16-15-,19-18-,22-21-/t27-/m1/s1. The van der Waals surface area contributed by atoms with Gasteiger partial charge in [-0.3, -0.25) is 9.59 Å². The van der Waals surface area contributed by atoms with Crippen LogP contribution in [0.2, 0.25) is 0 Å². The molecular formula is C30H47NO3S2. The molecular weight excluding hydrogens is 486 g/mol. The Kier molecular flexibility index (Phi) is 22.2. The van der Waals surface area contributed by atoms with E-state index in [1.54, 1.807) is 28.5 Å². The first-order valence-corrected chi connectivity index (χ1v) is 15.3. The number of hydrogen-bond donors (Lipinski definition) is 2. The van der Waals surface area contributed by atoms with Crippen molar-refractivity contribution in [2.45, 2.75) is 83.8 Å². The summed E-state index contributed by atoms with van der Waals surface area (Å²) >= 11 is 0. The predicted molar refractivity (Wildman–Crippen MR) is 161 cm³/mol. The smallest absolute Gasteiger partial charge is 0.307 e. The van der Waals surface area contributed by atoms with Crippen molar-refractivity contribution in [1.29, 1.82) is 0 Å². The van der Waals surface area contributed by atoms with E-state index in [4.69, 9.17) is 5.11 Å². The van der Waals surface area contributed by atoms with Crippen molar-refractivity contribution in [3.05, 3.63) is 72.9 Å². The summed E-state index contributed by atoms with van der Waals surface area (Å²) in [6.07, 6.45) is 33.2. The first kappa shape index (κ1) is 34.1. The molecule has 0 aliphatic carbocycles. The highest BCUT2D eigenvalue weighted by Gasteiger charge is 2.32. The highest BCUT2D eigenvalue weighted by Crippen LogP contribution is 2.40. The van der Waals surface area contributed by atoms with Gasteiger partial charge in [-0.2, -0.15) is 0 Å². The van der Waals surface area contributed by atoms with E-state index in [9.17, 15) is 9.59 Å². The number of carboxylic acids is 1. The average Bonchev–Trinajstić information content (AvgIpc) is 2.84. The Bertz CT molecular complexity index is 764. The van der Waals surface area contributed by atoms with Crippen LogP contribution in [0, 0.1) is 5.92 Å². The van der Waals surface area contributed by atoms with Gasteiger partial charge in [-0.25, -0.2) is 0 Å². The number of amides is 1. The van der Waals surface area contributed by atoms with Gasteiger partial charge in [-0.15, -0.1) is 0 Å². The minimum Gasteiger partial charge on any atom is -0.481 e. The Morgan fingerprint density at radius 2 is 1.25 bits per heavy atom. The van der Waals surface area contributed by atoms with Gasteiger partial charge in [0.05, 0.1) is 5.92 Å². The van der Waals surface area contributed by atoms with E-state index in [1.807, 2.05) is 13.8 Å². The maximum Gasteiger partial charge on any atom is 0.307 e. The Labute approximate surface area is 227 Å². The lowest BCUT2D eigenvalue weighted by Crippen LogP contribution is -2.31. The molecule has 0 radical (unpaired) electrons. The first-order chi connectivity index (χ1) is 17.3. The normalized spacial score (nSPS) is 13.9. The Morgan fingerprint density at radius 1 is 0.806 bits per heavy atom. The van der Waals surface area contributed by atoms with Gasteiger partial charge in [0.1, 0.15) is 0 Å². The van der Waals surface area contributed by atoms with Crippen LogP contribution in [0.1, 0.15) is 79.1 Å². The zero-order chi connectivity index (χ0) is 26.9. The summed E-state index contributed by atoms with van der Waals surface area (Å²) in [7, 11) is 3.17. The van der Waals surface area contributed by atoms with Crippen molar-refractivity contribution in [3.8, 4) is 0 Å². The van der Waals surface area contributed by atoms with Crippen molar-refractivity contribution < 1.29 is 14.7 Å². The zero-order valence-electron chi connectivity index (χ0n) is 22.7. The lowest BCUT2D eigenvalue weighted by Gasteiger charge is -2.27. The molecule has 0 unspecified atom stereocenters. The molecule has 0 fully saturated rings. The number of carbonyl (C=O) groups is 2. The second-order valence-electron chi connectivity index (χ2n) is 8.87. The van der Waals surface area contributed by atoms with E-state index in [-0.39, 0.29) is 10.7 Å². The predicted octanol–water partition coefficient (Wildman–Crippen LogP) is 8.46. The van der Waals surface area contributed by atoms with Crippen molar-refractivity contribution in [1.82, 2.24) is 5.32 Å². The summed E-state index contributed by atoms with van der Waals surface area (Å²) in [6, 6.07) is 0. The highest BCUT2D eigenvalue weighted by atomic mass is 33.1. The van der Waals surface area contributed by atoms with Crippen LogP contribution in [0.25, 0.3) is 0 Å². The molecule has 0 aromatic heterocycles. The van der Waals surface area contributed by atoms with Crippen LogP contribution in [0.5, 0.6) is 0 Å². The van der Waals surface area contributed by atoms with Gasteiger partial charge >= 0.3 is 5.97 Å². The van der Waals surface area contributed by atoms with Crippen molar-refractivity contribution in [2.24, 2.45) is 5.92 Å². The topological polar surface area (TPSA) is 66.4 Å². The molecule has 6 heteroatoms. The van der Waals surface area contributed by atoms with Crippen LogP contribution in [0.15, 0.2) is 72.9 Å². The molecule has 36 heavy (non-hydrogen) atoms. The monoisotopic (exact) mass is 533 g/mol. The molecule has 0 spiro atoms. The largest absolute Gasteiger partial charge is 0.481 e. The van der Waals surface area contributed by atoms with Crippen LogP contribution < -0.4 is 5.32 Å². The van der Waals surface area contributed by atoms with Gasteiger partial charge in [0.15, 0.2) is 0 Å². The number of rotatable bonds is 21. The Balaban J connectivity index is 3.70. The second-order valence-corrected chi connectivity index (χ2v) is 11.9. The van der Waals surface area contributed by atoms with E-state index in [0.717, 1.165) is 50.7 Å². The van der Waals surface area contributed by atoms with Crippen molar-refractivity contribution in [3.63, 3.8) is 0 Å². The van der Waals surface area contributed by atoms with Gasteiger partial charge in [0.2, 0.25) is 5.91 Å². The number of nitrogens with one attached hydrogen (secondary N) is 1. The average molecular weight is 534 g/mol. The number of allylic oxidation sites excluding steroid dienone is 12. The van der Waals surface area contributed by atoms with Gasteiger partial charge in [-0.1, -0.05) is 108 Å². The molecule has 4 nitrogen and oxygen atoms in total.